The number of morpholine rings is 1. The van der Waals surface area contributed by atoms with Crippen LogP contribution in [0.5, 0.6) is 0 Å². The largest absolute Gasteiger partial charge is 0.370 e. The maximum absolute atomic E-state index is 13.1. The van der Waals surface area contributed by atoms with Gasteiger partial charge in [-0.3, -0.25) is 9.59 Å². The molecule has 174 valence electrons. The minimum Gasteiger partial charge on any atom is -0.370 e. The molecule has 4 rings (SSSR count). The fourth-order valence-electron chi connectivity index (χ4n) is 4.21. The number of amides is 4. The van der Waals surface area contributed by atoms with Crippen LogP contribution in [0.4, 0.5) is 21.9 Å². The summed E-state index contributed by atoms with van der Waals surface area (Å²) in [5.74, 6) is -0.304. The van der Waals surface area contributed by atoms with Gasteiger partial charge in [-0.05, 0) is 74.2 Å². The molecular weight excluding hydrogens is 444 g/mol. The molecule has 33 heavy (non-hydrogen) atoms. The summed E-state index contributed by atoms with van der Waals surface area (Å²) in [5.41, 5.74) is 2.94. The highest BCUT2D eigenvalue weighted by Crippen LogP contribution is 2.26. The lowest BCUT2D eigenvalue weighted by Gasteiger charge is -2.34. The Kier molecular flexibility index (Phi) is 7.15. The highest BCUT2D eigenvalue weighted by atomic mass is 35.5. The molecule has 0 saturated carbocycles. The number of aryl methyl sites for hydroxylation is 1. The van der Waals surface area contributed by atoms with Crippen molar-refractivity contribution >= 4 is 46.5 Å². The summed E-state index contributed by atoms with van der Waals surface area (Å²) in [6.45, 7) is 3.49. The van der Waals surface area contributed by atoms with Crippen LogP contribution in [0.2, 0.25) is 5.02 Å². The van der Waals surface area contributed by atoms with Crippen molar-refractivity contribution in [2.75, 3.05) is 41.8 Å². The van der Waals surface area contributed by atoms with Crippen molar-refractivity contribution in [3.8, 4) is 0 Å². The van der Waals surface area contributed by atoms with E-state index in [-0.39, 0.29) is 24.5 Å². The molecule has 2 fully saturated rings. The summed E-state index contributed by atoms with van der Waals surface area (Å²) in [6, 6.07) is 11.4. The Hall–Kier alpha value is -3.10. The van der Waals surface area contributed by atoms with Gasteiger partial charge < -0.3 is 25.2 Å². The van der Waals surface area contributed by atoms with Crippen LogP contribution >= 0.6 is 11.6 Å². The van der Waals surface area contributed by atoms with Crippen LogP contribution in [-0.4, -0.2) is 55.1 Å². The first-order valence-electron chi connectivity index (χ1n) is 11.1. The number of carbonyl (C=O) groups is 3. The molecule has 2 aliphatic rings. The quantitative estimate of drug-likeness (QED) is 0.705. The zero-order chi connectivity index (χ0) is 23.4. The van der Waals surface area contributed by atoms with Gasteiger partial charge in [-0.25, -0.2) is 4.79 Å². The number of ether oxygens (including phenoxy) is 1. The Labute approximate surface area is 197 Å². The van der Waals surface area contributed by atoms with Crippen molar-refractivity contribution in [3.63, 3.8) is 0 Å². The summed E-state index contributed by atoms with van der Waals surface area (Å²) in [5, 5.41) is 6.37. The minimum atomic E-state index is -0.563. The fraction of sp³-hybridized carbons (Fsp3) is 0.375. The number of halogens is 1. The second kappa shape index (κ2) is 10.2. The normalized spacial score (nSPS) is 18.7. The van der Waals surface area contributed by atoms with Gasteiger partial charge in [-0.15, -0.1) is 0 Å². The Morgan fingerprint density at radius 1 is 1.03 bits per heavy atom. The van der Waals surface area contributed by atoms with Crippen molar-refractivity contribution in [1.29, 1.82) is 0 Å². The lowest BCUT2D eigenvalue weighted by Crippen LogP contribution is -2.51. The average molecular weight is 471 g/mol. The molecule has 1 unspecified atom stereocenters. The zero-order valence-corrected chi connectivity index (χ0v) is 19.2. The molecule has 9 heteroatoms. The maximum atomic E-state index is 13.1. The monoisotopic (exact) mass is 470 g/mol. The predicted molar refractivity (Wildman–Crippen MR) is 128 cm³/mol. The van der Waals surface area contributed by atoms with Crippen LogP contribution < -0.4 is 15.5 Å². The van der Waals surface area contributed by atoms with E-state index in [0.717, 1.165) is 24.1 Å². The molecule has 2 aromatic rings. The first-order valence-corrected chi connectivity index (χ1v) is 11.4. The summed E-state index contributed by atoms with van der Waals surface area (Å²) in [4.78, 5) is 41.4. The Bertz CT molecular complexity index is 1040. The van der Waals surface area contributed by atoms with Crippen molar-refractivity contribution in [2.45, 2.75) is 32.2 Å². The molecule has 0 radical (unpaired) electrons. The van der Waals surface area contributed by atoms with E-state index in [4.69, 9.17) is 16.3 Å². The summed E-state index contributed by atoms with van der Waals surface area (Å²) >= 11 is 5.91. The standard InChI is InChI=1S/C24H27ClN4O4/c1-16-14-19(9-10-20(16)28-12-13-33-15-22(28)30)26-23(31)21-4-2-3-11-29(21)24(32)27-18-7-5-17(25)6-8-18/h5-10,14,21H,2-4,11-13,15H2,1H3,(H,26,31)(H,27,32). The predicted octanol–water partition coefficient (Wildman–Crippen LogP) is 4.04. The highest BCUT2D eigenvalue weighted by Gasteiger charge is 2.32. The van der Waals surface area contributed by atoms with E-state index in [2.05, 4.69) is 10.6 Å². The third-order valence-electron chi connectivity index (χ3n) is 5.90. The number of hydrogen-bond donors (Lipinski definition) is 2. The van der Waals surface area contributed by atoms with Crippen molar-refractivity contribution in [3.05, 3.63) is 53.1 Å². The molecule has 1 atom stereocenters. The van der Waals surface area contributed by atoms with Gasteiger partial charge in [0.25, 0.3) is 5.91 Å². The van der Waals surface area contributed by atoms with Crippen molar-refractivity contribution < 1.29 is 19.1 Å². The molecule has 0 bridgehead atoms. The number of piperidine rings is 1. The number of urea groups is 1. The van der Waals surface area contributed by atoms with Crippen molar-refractivity contribution in [2.24, 2.45) is 0 Å². The van der Waals surface area contributed by atoms with E-state index in [9.17, 15) is 14.4 Å². The van der Waals surface area contributed by atoms with Crippen LogP contribution in [0.3, 0.4) is 0 Å². The van der Waals surface area contributed by atoms with E-state index in [1.54, 1.807) is 40.1 Å². The Morgan fingerprint density at radius 2 is 1.79 bits per heavy atom. The molecule has 2 saturated heterocycles. The van der Waals surface area contributed by atoms with Crippen LogP contribution in [-0.2, 0) is 14.3 Å². The van der Waals surface area contributed by atoms with E-state index in [1.807, 2.05) is 19.1 Å². The van der Waals surface area contributed by atoms with Gasteiger partial charge in [0, 0.05) is 35.2 Å². The molecule has 4 amide bonds. The van der Waals surface area contributed by atoms with Gasteiger partial charge in [0.05, 0.1) is 6.61 Å². The molecule has 0 aromatic heterocycles. The number of nitrogens with one attached hydrogen (secondary N) is 2. The number of nitrogens with zero attached hydrogens (tertiary/aromatic N) is 2. The average Bonchev–Trinajstić information content (AvgIpc) is 2.81. The van der Waals surface area contributed by atoms with Crippen LogP contribution in [0.15, 0.2) is 42.5 Å². The third-order valence-corrected chi connectivity index (χ3v) is 6.15. The minimum absolute atomic E-state index is 0.0769. The lowest BCUT2D eigenvalue weighted by molar-refractivity contribution is -0.125. The number of benzene rings is 2. The molecule has 2 N–H and O–H groups in total. The summed E-state index contributed by atoms with van der Waals surface area (Å²) < 4.78 is 5.20. The Morgan fingerprint density at radius 3 is 2.52 bits per heavy atom. The van der Waals surface area contributed by atoms with Gasteiger partial charge in [-0.2, -0.15) is 0 Å². The fourth-order valence-corrected chi connectivity index (χ4v) is 4.34. The lowest BCUT2D eigenvalue weighted by atomic mass is 10.0. The second-order valence-electron chi connectivity index (χ2n) is 8.23. The molecule has 0 aliphatic carbocycles. The van der Waals surface area contributed by atoms with Crippen LogP contribution in [0, 0.1) is 6.92 Å². The van der Waals surface area contributed by atoms with Gasteiger partial charge >= 0.3 is 6.03 Å². The number of hydrogen-bond acceptors (Lipinski definition) is 4. The van der Waals surface area contributed by atoms with Gasteiger partial charge in [0.2, 0.25) is 5.91 Å². The molecule has 2 aliphatic heterocycles. The number of likely N-dealkylation sites (tertiary alicyclic amines) is 1. The number of carbonyl (C=O) groups excluding carboxylic acids is 3. The molecule has 0 spiro atoms. The third kappa shape index (κ3) is 5.46. The van der Waals surface area contributed by atoms with Gasteiger partial charge in [0.15, 0.2) is 0 Å². The number of rotatable bonds is 4. The molecular formula is C24H27ClN4O4. The van der Waals surface area contributed by atoms with E-state index >= 15 is 0 Å². The maximum Gasteiger partial charge on any atom is 0.322 e. The molecule has 8 nitrogen and oxygen atoms in total. The van der Waals surface area contributed by atoms with E-state index in [1.165, 1.54) is 0 Å². The first-order chi connectivity index (χ1) is 15.9. The summed E-state index contributed by atoms with van der Waals surface area (Å²) in [6.07, 6.45) is 2.32. The SMILES string of the molecule is Cc1cc(NC(=O)C2CCCCN2C(=O)Nc2ccc(Cl)cc2)ccc1N1CCOCC1=O. The topological polar surface area (TPSA) is 91.0 Å². The van der Waals surface area contributed by atoms with Gasteiger partial charge in [-0.1, -0.05) is 11.6 Å². The van der Waals surface area contributed by atoms with Crippen LogP contribution in [0.25, 0.3) is 0 Å². The zero-order valence-electron chi connectivity index (χ0n) is 18.5. The molecule has 2 heterocycles. The first kappa shape index (κ1) is 23.1. The van der Waals surface area contributed by atoms with Crippen molar-refractivity contribution in [1.82, 2.24) is 4.90 Å². The Balaban J connectivity index is 1.43. The van der Waals surface area contributed by atoms with E-state index in [0.29, 0.717) is 42.5 Å². The van der Waals surface area contributed by atoms with Gasteiger partial charge in [0.1, 0.15) is 12.6 Å². The second-order valence-corrected chi connectivity index (χ2v) is 8.67. The summed E-state index contributed by atoms with van der Waals surface area (Å²) in [7, 11) is 0. The van der Waals surface area contributed by atoms with Crippen LogP contribution in [0.1, 0.15) is 24.8 Å². The molecule has 2 aromatic carbocycles. The smallest absolute Gasteiger partial charge is 0.322 e. The number of anilines is 3. The highest BCUT2D eigenvalue weighted by molar-refractivity contribution is 6.30. The van der Waals surface area contributed by atoms with E-state index < -0.39 is 6.04 Å².